The van der Waals surface area contributed by atoms with Crippen molar-refractivity contribution in [3.63, 3.8) is 0 Å². The van der Waals surface area contributed by atoms with E-state index >= 15 is 0 Å². The zero-order valence-electron chi connectivity index (χ0n) is 47.7. The molecule has 4 aromatic carbocycles. The average molecular weight is 1280 g/mol. The lowest BCUT2D eigenvalue weighted by molar-refractivity contribution is -0.139. The third-order valence-corrected chi connectivity index (χ3v) is 16.8. The molecule has 472 valence electrons. The molecule has 0 saturated heterocycles. The van der Waals surface area contributed by atoms with E-state index in [1.54, 1.807) is 11.3 Å². The molecule has 2 atom stereocenters. The second kappa shape index (κ2) is 31.4. The normalized spacial score (nSPS) is 12.3. The first-order chi connectivity index (χ1) is 42.4. The molecular formula is C61H63N5O20S3-2. The molecule has 0 unspecified atom stereocenters. The van der Waals surface area contributed by atoms with Crippen molar-refractivity contribution in [2.24, 2.45) is 5.92 Å². The monoisotopic (exact) mass is 1280 g/mol. The number of aromatic carboxylic acids is 1. The summed E-state index contributed by atoms with van der Waals surface area (Å²) >= 11 is 1.62. The summed E-state index contributed by atoms with van der Waals surface area (Å²) in [5.41, 5.74) is 7.12. The van der Waals surface area contributed by atoms with E-state index in [0.717, 1.165) is 57.5 Å². The van der Waals surface area contributed by atoms with E-state index in [4.69, 9.17) is 29.8 Å². The highest BCUT2D eigenvalue weighted by Gasteiger charge is 2.31. The first-order valence-corrected chi connectivity index (χ1v) is 31.5. The molecule has 1 aliphatic heterocycles. The molecule has 2 aliphatic rings. The van der Waals surface area contributed by atoms with E-state index in [0.29, 0.717) is 19.3 Å². The molecule has 0 fully saturated rings. The van der Waals surface area contributed by atoms with Crippen molar-refractivity contribution >= 4 is 89.6 Å². The van der Waals surface area contributed by atoms with Gasteiger partial charge in [-0.05, 0) is 114 Å². The molecule has 0 bridgehead atoms. The number of rotatable bonds is 35. The number of carboxylic acid groups (broad SMARTS) is 3. The fourth-order valence-electron chi connectivity index (χ4n) is 9.63. The number of carboxylic acids is 3. The van der Waals surface area contributed by atoms with Crippen molar-refractivity contribution in [2.75, 3.05) is 58.5 Å². The Balaban J connectivity index is 0.808. The lowest BCUT2D eigenvalue weighted by atomic mass is 9.89. The minimum atomic E-state index is -5.52. The number of fused-ring (bicyclic) bond motifs is 2. The number of nitrogens with two attached hydrogens (primary N) is 1. The summed E-state index contributed by atoms with van der Waals surface area (Å²) in [5.74, 6) is -8.21. The van der Waals surface area contributed by atoms with Crippen molar-refractivity contribution in [1.29, 1.82) is 5.41 Å². The molecule has 9 N–H and O–H groups in total. The fraction of sp³-hybridized carbons (Fsp3) is 0.311. The van der Waals surface area contributed by atoms with Crippen LogP contribution in [0.1, 0.15) is 77.6 Å². The van der Waals surface area contributed by atoms with Crippen LogP contribution in [0.25, 0.3) is 55.0 Å². The molecular weight excluding hydrogens is 1220 g/mol. The zero-order chi connectivity index (χ0) is 64.4. The van der Waals surface area contributed by atoms with E-state index in [1.807, 2.05) is 54.6 Å². The third kappa shape index (κ3) is 18.9. The molecule has 1 aromatic heterocycles. The molecule has 1 aliphatic carbocycles. The van der Waals surface area contributed by atoms with Crippen LogP contribution in [0, 0.1) is 11.3 Å². The van der Waals surface area contributed by atoms with Crippen LogP contribution in [0.3, 0.4) is 0 Å². The molecule has 7 rings (SSSR count). The van der Waals surface area contributed by atoms with Crippen LogP contribution in [-0.2, 0) is 64.8 Å². The minimum Gasteiger partial charge on any atom is -0.744 e. The Morgan fingerprint density at radius 2 is 1.29 bits per heavy atom. The van der Waals surface area contributed by atoms with Gasteiger partial charge < -0.3 is 64.7 Å². The topological polar surface area (TPSA) is 421 Å². The van der Waals surface area contributed by atoms with Gasteiger partial charge in [-0.15, -0.1) is 11.3 Å². The van der Waals surface area contributed by atoms with Gasteiger partial charge in [0, 0.05) is 84.9 Å². The predicted octanol–water partition coefficient (Wildman–Crippen LogP) is 6.27. The smallest absolute Gasteiger partial charge is 0.336 e. The van der Waals surface area contributed by atoms with Gasteiger partial charge in [-0.3, -0.25) is 34.2 Å². The Morgan fingerprint density at radius 1 is 0.663 bits per heavy atom. The molecule has 28 heteroatoms. The Labute approximate surface area is 514 Å². The van der Waals surface area contributed by atoms with Gasteiger partial charge in [-0.2, -0.15) is 0 Å². The van der Waals surface area contributed by atoms with Crippen molar-refractivity contribution in [3.05, 3.63) is 131 Å². The van der Waals surface area contributed by atoms with Crippen LogP contribution in [-0.4, -0.2) is 141 Å². The maximum absolute atomic E-state index is 13.6. The maximum Gasteiger partial charge on any atom is 0.336 e. The number of hydrogen-bond acceptors (Lipinski definition) is 20. The van der Waals surface area contributed by atoms with Crippen molar-refractivity contribution in [1.82, 2.24) is 16.0 Å². The molecule has 89 heavy (non-hydrogen) atoms. The largest absolute Gasteiger partial charge is 0.744 e. The van der Waals surface area contributed by atoms with E-state index in [2.05, 4.69) is 27.4 Å². The number of carbonyl (C=O) groups excluding carboxylic acids is 4. The number of nitrogens with one attached hydrogen (secondary N) is 4. The lowest BCUT2D eigenvalue weighted by Gasteiger charge is -2.22. The van der Waals surface area contributed by atoms with Crippen molar-refractivity contribution in [3.8, 4) is 44.0 Å². The molecule has 3 amide bonds. The third-order valence-electron chi connectivity index (χ3n) is 14.0. The average Bonchev–Trinajstić information content (AvgIpc) is 1.17. The summed E-state index contributed by atoms with van der Waals surface area (Å²) in [5, 5.41) is 46.1. The van der Waals surface area contributed by atoms with Gasteiger partial charge in [0.15, 0.2) is 17.1 Å². The number of benzene rings is 5. The predicted molar refractivity (Wildman–Crippen MR) is 321 cm³/mol. The number of ketones is 1. The zero-order valence-corrected chi connectivity index (χ0v) is 50.1. The number of amides is 3. The second-order valence-corrected chi connectivity index (χ2v) is 23.9. The van der Waals surface area contributed by atoms with Crippen LogP contribution < -0.4 is 27.0 Å². The number of hydrogen-bond donors (Lipinski definition) is 8. The number of Topliss-reactive ketones (excluding diaryl/α,β-unsaturated/α-hetero) is 1. The Morgan fingerprint density at radius 3 is 1.92 bits per heavy atom. The fourth-order valence-corrected chi connectivity index (χ4v) is 12.0. The van der Waals surface area contributed by atoms with Crippen LogP contribution in [0.2, 0.25) is 0 Å². The van der Waals surface area contributed by atoms with Gasteiger partial charge in [-0.1, -0.05) is 54.6 Å². The van der Waals surface area contributed by atoms with E-state index in [-0.39, 0.29) is 99.6 Å². The highest BCUT2D eigenvalue weighted by molar-refractivity contribution is 7.86. The highest BCUT2D eigenvalue weighted by atomic mass is 32.2. The van der Waals surface area contributed by atoms with Crippen molar-refractivity contribution < 1.29 is 93.5 Å². The Hall–Kier alpha value is -8.74. The van der Waals surface area contributed by atoms with Gasteiger partial charge in [0.1, 0.15) is 30.0 Å². The number of aryl methyl sites for hydroxylation is 1. The summed E-state index contributed by atoms with van der Waals surface area (Å²) in [4.78, 5) is 87.8. The molecule has 0 radical (unpaired) electrons. The first kappa shape index (κ1) is 67.8. The molecule has 2 heterocycles. The van der Waals surface area contributed by atoms with Gasteiger partial charge in [0.05, 0.1) is 49.1 Å². The van der Waals surface area contributed by atoms with Gasteiger partial charge in [0.2, 0.25) is 11.8 Å². The quantitative estimate of drug-likeness (QED) is 0.00939. The van der Waals surface area contributed by atoms with Crippen molar-refractivity contribution in [2.45, 2.75) is 73.6 Å². The Kier molecular flexibility index (Phi) is 23.9. The van der Waals surface area contributed by atoms with Gasteiger partial charge in [0.25, 0.3) is 5.91 Å². The molecule has 25 nitrogen and oxygen atoms in total. The maximum atomic E-state index is 13.6. The highest BCUT2D eigenvalue weighted by Crippen LogP contribution is 2.46. The Bertz CT molecular complexity index is 3980. The number of carbonyl (C=O) groups is 7. The van der Waals surface area contributed by atoms with Crippen LogP contribution in [0.15, 0.2) is 123 Å². The summed E-state index contributed by atoms with van der Waals surface area (Å²) in [6.07, 6.45) is -0.681. The van der Waals surface area contributed by atoms with Crippen LogP contribution in [0.4, 0.5) is 5.69 Å². The minimum absolute atomic E-state index is 0.00263. The number of anilines is 1. The summed E-state index contributed by atoms with van der Waals surface area (Å²) in [7, 11) is -11.0. The number of ether oxygens (including phenoxy) is 3. The molecule has 0 spiro atoms. The van der Waals surface area contributed by atoms with Gasteiger partial charge in [-0.25, -0.2) is 21.6 Å². The standard InChI is InChI=1S/C61H65N5O20S3/c62-46-18-16-43-54(44-17-19-47(63)58(89(80,81)82)56(44)86-55(43)57(46)88(77,78)79)45-32-39(13-15-42(45)61(75)76)59(73)64-24-4-26-83-28-30-85-31-29-84-27-5-25-65-60(74)40(14-22-52(69)70)33-49(67)48(20-23-53(71)72)66-51(68)21-10-36-8-11-38(12-9-36)50-34-41(35-87-50)37-6-2-1-3-7-37/h1-3,6-9,11-13,15-19,32,34-35,40,48,62H,4-5,10,14,20-31,33,63H2,(H,64,73)(H,65,74)(H,66,68)(H,69,70)(H,71,72)(H,75,76)(H,77,78,79)(H,80,81,82)/p-2/t40-,48+/m1/s1. The number of nitrogen functional groups attached to an aromatic ring is 1. The number of thiophene rings is 1. The summed E-state index contributed by atoms with van der Waals surface area (Å²) < 4.78 is 96.9. The lowest BCUT2D eigenvalue weighted by Crippen LogP contribution is -2.43. The van der Waals surface area contributed by atoms with Gasteiger partial charge >= 0.3 is 17.9 Å². The van der Waals surface area contributed by atoms with E-state index in [9.17, 15) is 74.8 Å². The van der Waals surface area contributed by atoms with E-state index in [1.165, 1.54) is 12.1 Å². The van der Waals surface area contributed by atoms with Crippen LogP contribution >= 0.6 is 11.3 Å². The second-order valence-electron chi connectivity index (χ2n) is 20.3. The van der Waals surface area contributed by atoms with E-state index < -0.39 is 131 Å². The first-order valence-electron chi connectivity index (χ1n) is 27.8. The molecule has 5 aromatic rings. The summed E-state index contributed by atoms with van der Waals surface area (Å²) in [6, 6.07) is 26.3. The summed E-state index contributed by atoms with van der Waals surface area (Å²) in [6.45, 7) is 1.30. The molecule has 0 saturated carbocycles. The number of aliphatic carboxylic acids is 2. The SMILES string of the molecule is N=c1ccc2c(-c3cc(C(=O)NCCCOCCOCCOCCCNC(=O)[C@H](CCC(=O)O)CC(=O)[C@H](CCC(=O)O)NC(=O)CCc4ccc(-c5cc(-c6ccccc6)cs5)cc4)ccc3C(=O)O)c3ccc(N)c(S(=O)(=O)[O-])c3oc-2c1S(=O)(=O)[O-]. The van der Waals surface area contributed by atoms with Crippen LogP contribution in [0.5, 0.6) is 0 Å².